The number of nitrogens with one attached hydrogen (secondary N) is 2. The highest BCUT2D eigenvalue weighted by Crippen LogP contribution is 2.24. The highest BCUT2D eigenvalue weighted by atomic mass is 16.2. The van der Waals surface area contributed by atoms with Gasteiger partial charge in [-0.15, -0.1) is 0 Å². The standard InChI is InChI=1S/C23H29N5O2/c1-5-7-14-27(4)23-20(6-2)26-21-13-8-17(15-28(21)23)22(30)25-19-11-9-18(10-12-19)24-16(3)29/h8-13,15H,5-7,14H2,1-4H3,(H,24,29)(H,25,30). The molecule has 0 aliphatic heterocycles. The molecule has 2 aromatic heterocycles. The molecule has 0 fully saturated rings. The second-order valence-corrected chi connectivity index (χ2v) is 7.37. The number of carbonyl (C=O) groups excluding carboxylic acids is 2. The number of aryl methyl sites for hydroxylation is 1. The molecule has 2 amide bonds. The summed E-state index contributed by atoms with van der Waals surface area (Å²) >= 11 is 0. The third-order valence-electron chi connectivity index (χ3n) is 4.93. The highest BCUT2D eigenvalue weighted by molar-refractivity contribution is 6.04. The van der Waals surface area contributed by atoms with Gasteiger partial charge in [-0.25, -0.2) is 4.98 Å². The van der Waals surface area contributed by atoms with Crippen LogP contribution >= 0.6 is 0 Å². The van der Waals surface area contributed by atoms with E-state index in [1.54, 1.807) is 30.3 Å². The predicted molar refractivity (Wildman–Crippen MR) is 121 cm³/mol. The first-order valence-corrected chi connectivity index (χ1v) is 10.3. The first kappa shape index (κ1) is 21.4. The molecule has 2 heterocycles. The number of fused-ring (bicyclic) bond motifs is 1. The van der Waals surface area contributed by atoms with Crippen molar-refractivity contribution in [2.75, 3.05) is 29.1 Å². The Morgan fingerprint density at radius 1 is 1.03 bits per heavy atom. The topological polar surface area (TPSA) is 78.7 Å². The normalized spacial score (nSPS) is 10.8. The van der Waals surface area contributed by atoms with Crippen LogP contribution in [0.4, 0.5) is 17.2 Å². The summed E-state index contributed by atoms with van der Waals surface area (Å²) < 4.78 is 2.00. The number of pyridine rings is 1. The van der Waals surface area contributed by atoms with Crippen LogP contribution in [-0.4, -0.2) is 34.8 Å². The largest absolute Gasteiger partial charge is 0.359 e. The number of imidazole rings is 1. The van der Waals surface area contributed by atoms with Crippen LogP contribution in [0.25, 0.3) is 5.65 Å². The molecule has 3 aromatic rings. The van der Waals surface area contributed by atoms with Crippen molar-refractivity contribution in [1.82, 2.24) is 9.38 Å². The molecular formula is C23H29N5O2. The Morgan fingerprint density at radius 3 is 2.30 bits per heavy atom. The maximum absolute atomic E-state index is 12.8. The number of rotatable bonds is 8. The fourth-order valence-corrected chi connectivity index (χ4v) is 3.40. The molecule has 7 heteroatoms. The molecule has 0 unspecified atom stereocenters. The third kappa shape index (κ3) is 4.79. The highest BCUT2D eigenvalue weighted by Gasteiger charge is 2.16. The Morgan fingerprint density at radius 2 is 1.70 bits per heavy atom. The number of nitrogens with zero attached hydrogens (tertiary/aromatic N) is 3. The molecule has 0 radical (unpaired) electrons. The molecule has 30 heavy (non-hydrogen) atoms. The number of unbranched alkanes of at least 4 members (excludes halogenated alkanes) is 1. The Hall–Kier alpha value is -3.35. The fourth-order valence-electron chi connectivity index (χ4n) is 3.40. The van der Waals surface area contributed by atoms with Gasteiger partial charge in [0, 0.05) is 38.1 Å². The zero-order valence-electron chi connectivity index (χ0n) is 18.0. The molecular weight excluding hydrogens is 378 g/mol. The van der Waals surface area contributed by atoms with Crippen LogP contribution < -0.4 is 15.5 Å². The molecule has 3 rings (SSSR count). The molecule has 1 aromatic carbocycles. The van der Waals surface area contributed by atoms with Crippen LogP contribution in [0.2, 0.25) is 0 Å². The Balaban J connectivity index is 1.85. The average molecular weight is 408 g/mol. The minimum atomic E-state index is -0.196. The zero-order valence-corrected chi connectivity index (χ0v) is 18.0. The SMILES string of the molecule is CCCCN(C)c1c(CC)nc2ccc(C(=O)Nc3ccc(NC(C)=O)cc3)cn12. The quantitative estimate of drug-likeness (QED) is 0.582. The van der Waals surface area contributed by atoms with Gasteiger partial charge in [0.05, 0.1) is 11.3 Å². The van der Waals surface area contributed by atoms with Crippen molar-refractivity contribution in [1.29, 1.82) is 0 Å². The van der Waals surface area contributed by atoms with Gasteiger partial charge in [-0.3, -0.25) is 14.0 Å². The molecule has 0 aliphatic carbocycles. The molecule has 7 nitrogen and oxygen atoms in total. The molecule has 0 saturated carbocycles. The molecule has 0 atom stereocenters. The maximum Gasteiger partial charge on any atom is 0.257 e. The Labute approximate surface area is 177 Å². The predicted octanol–water partition coefficient (Wildman–Crippen LogP) is 4.34. The van der Waals surface area contributed by atoms with Gasteiger partial charge in [-0.1, -0.05) is 20.3 Å². The lowest BCUT2D eigenvalue weighted by Gasteiger charge is -2.20. The number of hydrogen-bond acceptors (Lipinski definition) is 4. The van der Waals surface area contributed by atoms with E-state index in [1.165, 1.54) is 6.92 Å². The van der Waals surface area contributed by atoms with E-state index >= 15 is 0 Å². The van der Waals surface area contributed by atoms with Crippen molar-refractivity contribution in [2.45, 2.75) is 40.0 Å². The lowest BCUT2D eigenvalue weighted by molar-refractivity contribution is -0.114. The van der Waals surface area contributed by atoms with E-state index < -0.39 is 0 Å². The summed E-state index contributed by atoms with van der Waals surface area (Å²) in [5.74, 6) is 0.708. The third-order valence-corrected chi connectivity index (χ3v) is 4.93. The molecule has 158 valence electrons. The van der Waals surface area contributed by atoms with E-state index in [0.717, 1.165) is 43.0 Å². The van der Waals surface area contributed by atoms with Crippen LogP contribution in [0.15, 0.2) is 42.6 Å². The van der Waals surface area contributed by atoms with E-state index in [-0.39, 0.29) is 11.8 Å². The number of amides is 2. The van der Waals surface area contributed by atoms with Crippen molar-refractivity contribution in [3.8, 4) is 0 Å². The molecule has 0 aliphatic rings. The molecule has 0 bridgehead atoms. The van der Waals surface area contributed by atoms with Crippen molar-refractivity contribution < 1.29 is 9.59 Å². The molecule has 0 spiro atoms. The lowest BCUT2D eigenvalue weighted by Crippen LogP contribution is -2.21. The first-order valence-electron chi connectivity index (χ1n) is 10.3. The van der Waals surface area contributed by atoms with Crippen LogP contribution in [-0.2, 0) is 11.2 Å². The Bertz CT molecular complexity index is 1040. The number of carbonyl (C=O) groups is 2. The van der Waals surface area contributed by atoms with Gasteiger partial charge >= 0.3 is 0 Å². The van der Waals surface area contributed by atoms with E-state index in [1.807, 2.05) is 16.7 Å². The van der Waals surface area contributed by atoms with Gasteiger partial charge < -0.3 is 15.5 Å². The van der Waals surface area contributed by atoms with E-state index in [2.05, 4.69) is 36.4 Å². The van der Waals surface area contributed by atoms with Gasteiger partial charge in [-0.2, -0.15) is 0 Å². The second kappa shape index (κ2) is 9.43. The summed E-state index contributed by atoms with van der Waals surface area (Å²) in [5.41, 5.74) is 3.77. The average Bonchev–Trinajstić information content (AvgIpc) is 3.11. The number of hydrogen-bond donors (Lipinski definition) is 2. The number of anilines is 3. The summed E-state index contributed by atoms with van der Waals surface area (Å²) in [7, 11) is 2.07. The van der Waals surface area contributed by atoms with Crippen molar-refractivity contribution >= 4 is 34.7 Å². The van der Waals surface area contributed by atoms with Gasteiger partial charge in [0.25, 0.3) is 5.91 Å². The second-order valence-electron chi connectivity index (χ2n) is 7.37. The molecule has 0 saturated heterocycles. The van der Waals surface area contributed by atoms with Crippen LogP contribution in [0, 0.1) is 0 Å². The molecule has 2 N–H and O–H groups in total. The van der Waals surface area contributed by atoms with E-state index in [4.69, 9.17) is 4.98 Å². The zero-order chi connectivity index (χ0) is 21.7. The van der Waals surface area contributed by atoms with Crippen molar-refractivity contribution in [2.24, 2.45) is 0 Å². The summed E-state index contributed by atoms with van der Waals surface area (Å²) in [6.45, 7) is 6.67. The first-order chi connectivity index (χ1) is 14.4. The number of benzene rings is 1. The number of aromatic nitrogens is 2. The monoisotopic (exact) mass is 407 g/mol. The smallest absolute Gasteiger partial charge is 0.257 e. The summed E-state index contributed by atoms with van der Waals surface area (Å²) in [5, 5.41) is 5.62. The van der Waals surface area contributed by atoms with Gasteiger partial charge in [0.15, 0.2) is 0 Å². The van der Waals surface area contributed by atoms with Gasteiger partial charge in [0.1, 0.15) is 11.5 Å². The fraction of sp³-hybridized carbons (Fsp3) is 0.348. The summed E-state index contributed by atoms with van der Waals surface area (Å²) in [6, 6.07) is 10.7. The Kier molecular flexibility index (Phi) is 6.72. The van der Waals surface area contributed by atoms with Crippen molar-refractivity contribution in [3.63, 3.8) is 0 Å². The minimum Gasteiger partial charge on any atom is -0.359 e. The van der Waals surface area contributed by atoms with E-state index in [0.29, 0.717) is 16.9 Å². The van der Waals surface area contributed by atoms with E-state index in [9.17, 15) is 9.59 Å². The van der Waals surface area contributed by atoms with Gasteiger partial charge in [0.2, 0.25) is 5.91 Å². The van der Waals surface area contributed by atoms with Gasteiger partial charge in [-0.05, 0) is 49.2 Å². The van der Waals surface area contributed by atoms with Crippen LogP contribution in [0.3, 0.4) is 0 Å². The van der Waals surface area contributed by atoms with Crippen LogP contribution in [0.5, 0.6) is 0 Å². The summed E-state index contributed by atoms with van der Waals surface area (Å²) in [6.07, 6.45) is 4.90. The minimum absolute atomic E-state index is 0.133. The van der Waals surface area contributed by atoms with Crippen LogP contribution in [0.1, 0.15) is 49.7 Å². The maximum atomic E-state index is 12.8. The van der Waals surface area contributed by atoms with Crippen molar-refractivity contribution in [3.05, 3.63) is 53.9 Å². The lowest BCUT2D eigenvalue weighted by atomic mass is 10.2. The summed E-state index contributed by atoms with van der Waals surface area (Å²) in [4.78, 5) is 30.9.